The van der Waals surface area contributed by atoms with E-state index in [0.29, 0.717) is 0 Å². The van der Waals surface area contributed by atoms with E-state index in [1.165, 1.54) is 37.4 Å². The molecule has 0 heterocycles. The maximum atomic E-state index is 13.3. The van der Waals surface area contributed by atoms with Gasteiger partial charge in [-0.25, -0.2) is 17.6 Å². The van der Waals surface area contributed by atoms with Gasteiger partial charge in [-0.2, -0.15) is 0 Å². The van der Waals surface area contributed by atoms with Gasteiger partial charge >= 0.3 is 5.97 Å². The number of esters is 1. The Morgan fingerprint density at radius 1 is 1.22 bits per heavy atom. The molecule has 1 amide bonds. The van der Waals surface area contributed by atoms with Crippen LogP contribution < -0.4 is 9.62 Å². The van der Waals surface area contributed by atoms with Crippen LogP contribution in [0.4, 0.5) is 15.8 Å². The Kier molecular flexibility index (Phi) is 6.40. The number of hydrogen-bond donors (Lipinski definition) is 1. The number of hydrogen-bond acceptors (Lipinski definition) is 5. The van der Waals surface area contributed by atoms with Crippen molar-refractivity contribution in [3.8, 4) is 0 Å². The first-order valence-corrected chi connectivity index (χ1v) is 9.75. The summed E-state index contributed by atoms with van der Waals surface area (Å²) in [6, 6.07) is 9.29. The summed E-state index contributed by atoms with van der Waals surface area (Å²) in [4.78, 5) is 23.8. The van der Waals surface area contributed by atoms with E-state index in [1.54, 1.807) is 0 Å². The van der Waals surface area contributed by atoms with Crippen molar-refractivity contribution in [2.45, 2.75) is 0 Å². The molecular weight excluding hydrogens is 399 g/mol. The highest BCUT2D eigenvalue weighted by atomic mass is 35.5. The molecule has 0 spiro atoms. The van der Waals surface area contributed by atoms with E-state index in [-0.39, 0.29) is 22.0 Å². The van der Waals surface area contributed by atoms with Crippen LogP contribution in [0.5, 0.6) is 0 Å². The molecule has 0 aliphatic rings. The summed E-state index contributed by atoms with van der Waals surface area (Å²) in [6.45, 7) is -0.566. The summed E-state index contributed by atoms with van der Waals surface area (Å²) in [5.41, 5.74) is 0.552. The molecule has 2 aromatic carbocycles. The number of anilines is 2. The molecule has 0 radical (unpaired) electrons. The average molecular weight is 415 g/mol. The van der Waals surface area contributed by atoms with E-state index in [0.717, 1.165) is 22.7 Å². The van der Waals surface area contributed by atoms with Gasteiger partial charge in [0.25, 0.3) is 0 Å². The Balaban J connectivity index is 2.22. The lowest BCUT2D eigenvalue weighted by Crippen LogP contribution is -2.37. The highest BCUT2D eigenvalue weighted by Crippen LogP contribution is 2.24. The van der Waals surface area contributed by atoms with Gasteiger partial charge in [0.05, 0.1) is 29.6 Å². The van der Waals surface area contributed by atoms with Crippen LogP contribution in [0.15, 0.2) is 42.5 Å². The molecule has 2 rings (SSSR count). The monoisotopic (exact) mass is 414 g/mol. The van der Waals surface area contributed by atoms with Crippen LogP contribution in [0.2, 0.25) is 5.02 Å². The quantitative estimate of drug-likeness (QED) is 0.733. The highest BCUT2D eigenvalue weighted by molar-refractivity contribution is 7.92. The fourth-order valence-corrected chi connectivity index (χ4v) is 3.24. The van der Waals surface area contributed by atoms with Gasteiger partial charge in [0.15, 0.2) is 0 Å². The normalized spacial score (nSPS) is 11.0. The Morgan fingerprint density at radius 2 is 1.93 bits per heavy atom. The van der Waals surface area contributed by atoms with E-state index in [9.17, 15) is 22.4 Å². The van der Waals surface area contributed by atoms with Crippen LogP contribution in [-0.2, 0) is 19.6 Å². The summed E-state index contributed by atoms with van der Waals surface area (Å²) in [5.74, 6) is -1.95. The predicted molar refractivity (Wildman–Crippen MR) is 100 cm³/mol. The fraction of sp³-hybridized carbons (Fsp3) is 0.176. The van der Waals surface area contributed by atoms with Gasteiger partial charge in [-0.05, 0) is 36.4 Å². The molecular formula is C17H16ClFN2O5S. The lowest BCUT2D eigenvalue weighted by atomic mass is 10.2. The summed E-state index contributed by atoms with van der Waals surface area (Å²) < 4.78 is 42.8. The van der Waals surface area contributed by atoms with Gasteiger partial charge in [-0.3, -0.25) is 9.10 Å². The summed E-state index contributed by atoms with van der Waals surface area (Å²) in [7, 11) is -2.62. The first kappa shape index (κ1) is 20.7. The van der Waals surface area contributed by atoms with Crippen LogP contribution in [0.3, 0.4) is 0 Å². The lowest BCUT2D eigenvalue weighted by Gasteiger charge is -2.22. The van der Waals surface area contributed by atoms with Gasteiger partial charge < -0.3 is 10.1 Å². The molecule has 0 bridgehead atoms. The summed E-state index contributed by atoms with van der Waals surface area (Å²) >= 11 is 5.69. The number of ether oxygens (including phenoxy) is 1. The van der Waals surface area contributed by atoms with Crippen LogP contribution in [-0.4, -0.2) is 40.2 Å². The summed E-state index contributed by atoms with van der Waals surface area (Å²) in [6.07, 6.45) is 0.912. The Hall–Kier alpha value is -2.65. The number of carbonyl (C=O) groups is 2. The molecule has 0 unspecified atom stereocenters. The molecule has 7 nitrogen and oxygen atoms in total. The van der Waals surface area contributed by atoms with Gasteiger partial charge in [0, 0.05) is 5.69 Å². The van der Waals surface area contributed by atoms with Crippen molar-refractivity contribution < 1.29 is 27.1 Å². The average Bonchev–Trinajstić information content (AvgIpc) is 2.60. The molecule has 0 aliphatic heterocycles. The van der Waals surface area contributed by atoms with Crippen molar-refractivity contribution in [2.24, 2.45) is 0 Å². The number of sulfonamides is 1. The third-order valence-corrected chi connectivity index (χ3v) is 4.88. The topological polar surface area (TPSA) is 92.8 Å². The zero-order chi connectivity index (χ0) is 20.2. The molecule has 144 valence electrons. The minimum atomic E-state index is -3.84. The molecule has 0 aliphatic carbocycles. The molecule has 0 aromatic heterocycles. The zero-order valence-electron chi connectivity index (χ0n) is 14.4. The second-order valence-corrected chi connectivity index (χ2v) is 7.80. The highest BCUT2D eigenvalue weighted by Gasteiger charge is 2.22. The maximum absolute atomic E-state index is 13.3. The Bertz CT molecular complexity index is 981. The largest absolute Gasteiger partial charge is 0.465 e. The summed E-state index contributed by atoms with van der Waals surface area (Å²) in [5, 5.41) is 2.23. The van der Waals surface area contributed by atoms with Crippen molar-refractivity contribution >= 4 is 44.9 Å². The molecule has 2 aromatic rings. The number of halogens is 2. The number of nitrogens with zero attached hydrogens (tertiary/aromatic N) is 1. The minimum absolute atomic E-state index is 0.0439. The number of benzene rings is 2. The molecule has 1 N–H and O–H groups in total. The number of carbonyl (C=O) groups excluding carboxylic acids is 2. The van der Waals surface area contributed by atoms with Crippen LogP contribution in [0.1, 0.15) is 10.4 Å². The standard InChI is InChI=1S/C17H16ClFN2O5S/c1-26-17(23)11-4-3-5-12(8-11)20-16(22)10-21(27(2,24)25)13-6-7-15(19)14(18)9-13/h3-9H,10H2,1-2H3,(H,20,22). The SMILES string of the molecule is COC(=O)c1cccc(NC(=O)CN(c2ccc(F)c(Cl)c2)S(C)(=O)=O)c1. The maximum Gasteiger partial charge on any atom is 0.337 e. The third kappa shape index (κ3) is 5.41. The van der Waals surface area contributed by atoms with E-state index in [2.05, 4.69) is 10.1 Å². The van der Waals surface area contributed by atoms with Gasteiger partial charge in [0.1, 0.15) is 12.4 Å². The van der Waals surface area contributed by atoms with Crippen LogP contribution in [0.25, 0.3) is 0 Å². The van der Waals surface area contributed by atoms with E-state index in [4.69, 9.17) is 11.6 Å². The van der Waals surface area contributed by atoms with E-state index < -0.39 is 34.3 Å². The van der Waals surface area contributed by atoms with Crippen LogP contribution in [0, 0.1) is 5.82 Å². The van der Waals surface area contributed by atoms with Gasteiger partial charge in [0.2, 0.25) is 15.9 Å². The number of methoxy groups -OCH3 is 1. The van der Waals surface area contributed by atoms with Gasteiger partial charge in [-0.1, -0.05) is 17.7 Å². The number of rotatable bonds is 6. The van der Waals surface area contributed by atoms with E-state index in [1.807, 2.05) is 0 Å². The molecule has 0 atom stereocenters. The smallest absolute Gasteiger partial charge is 0.337 e. The third-order valence-electron chi connectivity index (χ3n) is 3.45. The van der Waals surface area contributed by atoms with Crippen molar-refractivity contribution in [3.63, 3.8) is 0 Å². The lowest BCUT2D eigenvalue weighted by molar-refractivity contribution is -0.114. The van der Waals surface area contributed by atoms with Crippen LogP contribution >= 0.6 is 11.6 Å². The second kappa shape index (κ2) is 8.36. The molecule has 27 heavy (non-hydrogen) atoms. The molecule has 0 saturated carbocycles. The van der Waals surface area contributed by atoms with Crippen molar-refractivity contribution in [1.29, 1.82) is 0 Å². The predicted octanol–water partition coefficient (Wildman–Crippen LogP) is 2.67. The van der Waals surface area contributed by atoms with Crippen molar-refractivity contribution in [2.75, 3.05) is 29.5 Å². The van der Waals surface area contributed by atoms with E-state index >= 15 is 0 Å². The zero-order valence-corrected chi connectivity index (χ0v) is 16.0. The second-order valence-electron chi connectivity index (χ2n) is 5.49. The minimum Gasteiger partial charge on any atom is -0.465 e. The van der Waals surface area contributed by atoms with Crippen molar-refractivity contribution in [3.05, 3.63) is 58.9 Å². The first-order valence-electron chi connectivity index (χ1n) is 7.53. The van der Waals surface area contributed by atoms with Crippen molar-refractivity contribution in [1.82, 2.24) is 0 Å². The number of nitrogens with one attached hydrogen (secondary N) is 1. The Morgan fingerprint density at radius 3 is 2.52 bits per heavy atom. The Labute approximate surface area is 160 Å². The number of amides is 1. The molecule has 0 fully saturated rings. The molecule has 0 saturated heterocycles. The molecule has 10 heteroatoms. The fourth-order valence-electron chi connectivity index (χ4n) is 2.21. The first-order chi connectivity index (χ1) is 12.6. The van der Waals surface area contributed by atoms with Gasteiger partial charge in [-0.15, -0.1) is 0 Å².